The lowest BCUT2D eigenvalue weighted by atomic mass is 10.2. The highest BCUT2D eigenvalue weighted by Crippen LogP contribution is 2.13. The summed E-state index contributed by atoms with van der Waals surface area (Å²) in [6, 6.07) is 2.19. The number of rotatable bonds is 6. The predicted molar refractivity (Wildman–Crippen MR) is 61.9 cm³/mol. The van der Waals surface area contributed by atoms with E-state index in [9.17, 15) is 13.2 Å². The standard InChI is InChI=1S/C11H13NO4S/c1-3-5-9(4-2)12-17(14,15)11-7-6-10(8-13)16-11/h1,6-9,12H,4-5H2,2H3. The van der Waals surface area contributed by atoms with Crippen molar-refractivity contribution in [1.29, 1.82) is 0 Å². The zero-order valence-electron chi connectivity index (χ0n) is 9.34. The summed E-state index contributed by atoms with van der Waals surface area (Å²) < 4.78 is 30.9. The molecule has 1 aromatic heterocycles. The number of hydrogen-bond donors (Lipinski definition) is 1. The number of nitrogens with one attached hydrogen (secondary N) is 1. The monoisotopic (exact) mass is 255 g/mol. The van der Waals surface area contributed by atoms with Crippen LogP contribution in [0.25, 0.3) is 0 Å². The van der Waals surface area contributed by atoms with Crippen LogP contribution in [0.4, 0.5) is 0 Å². The number of sulfonamides is 1. The van der Waals surface area contributed by atoms with Crippen LogP contribution in [0.1, 0.15) is 30.3 Å². The van der Waals surface area contributed by atoms with Gasteiger partial charge >= 0.3 is 0 Å². The minimum Gasteiger partial charge on any atom is -0.440 e. The van der Waals surface area contributed by atoms with Crippen molar-refractivity contribution in [3.05, 3.63) is 17.9 Å². The molecule has 0 aliphatic rings. The van der Waals surface area contributed by atoms with Crippen molar-refractivity contribution in [1.82, 2.24) is 4.72 Å². The van der Waals surface area contributed by atoms with E-state index in [1.54, 1.807) is 0 Å². The summed E-state index contributed by atoms with van der Waals surface area (Å²) in [6.45, 7) is 1.82. The third-order valence-electron chi connectivity index (χ3n) is 2.16. The maximum atomic E-state index is 11.8. The van der Waals surface area contributed by atoms with Gasteiger partial charge in [0.15, 0.2) is 12.0 Å². The lowest BCUT2D eigenvalue weighted by Gasteiger charge is -2.12. The van der Waals surface area contributed by atoms with Crippen LogP contribution in [0.3, 0.4) is 0 Å². The second-order valence-corrected chi connectivity index (χ2v) is 5.05. The lowest BCUT2D eigenvalue weighted by molar-refractivity contribution is 0.109. The first-order chi connectivity index (χ1) is 8.03. The Hall–Kier alpha value is -1.58. The highest BCUT2D eigenvalue weighted by Gasteiger charge is 2.21. The first-order valence-corrected chi connectivity index (χ1v) is 6.52. The van der Waals surface area contributed by atoms with Gasteiger partial charge < -0.3 is 4.42 Å². The molecule has 0 saturated carbocycles. The van der Waals surface area contributed by atoms with Crippen molar-refractivity contribution in [3.8, 4) is 12.3 Å². The average molecular weight is 255 g/mol. The van der Waals surface area contributed by atoms with E-state index in [4.69, 9.17) is 10.8 Å². The molecule has 0 saturated heterocycles. The van der Waals surface area contributed by atoms with Crippen molar-refractivity contribution >= 4 is 16.3 Å². The normalized spacial score (nSPS) is 12.9. The molecule has 0 amide bonds. The third kappa shape index (κ3) is 3.44. The smallest absolute Gasteiger partial charge is 0.274 e. The van der Waals surface area contributed by atoms with E-state index in [0.717, 1.165) is 0 Å². The van der Waals surface area contributed by atoms with Crippen molar-refractivity contribution in [2.45, 2.75) is 30.9 Å². The number of furan rings is 1. The van der Waals surface area contributed by atoms with E-state index in [2.05, 4.69) is 10.6 Å². The molecule has 17 heavy (non-hydrogen) atoms. The molecule has 0 aromatic carbocycles. The highest BCUT2D eigenvalue weighted by molar-refractivity contribution is 7.89. The lowest BCUT2D eigenvalue weighted by Crippen LogP contribution is -2.33. The van der Waals surface area contributed by atoms with Crippen LogP contribution in [-0.4, -0.2) is 20.7 Å². The van der Waals surface area contributed by atoms with E-state index in [1.165, 1.54) is 12.1 Å². The van der Waals surface area contributed by atoms with Gasteiger partial charge in [-0.15, -0.1) is 12.3 Å². The van der Waals surface area contributed by atoms with Gasteiger partial charge in [-0.3, -0.25) is 4.79 Å². The number of terminal acetylenes is 1. The van der Waals surface area contributed by atoms with Gasteiger partial charge in [-0.25, -0.2) is 13.1 Å². The molecule has 0 fully saturated rings. The number of hydrogen-bond acceptors (Lipinski definition) is 4. The Morgan fingerprint density at radius 3 is 2.76 bits per heavy atom. The fourth-order valence-corrected chi connectivity index (χ4v) is 2.49. The number of carbonyl (C=O) groups excluding carboxylic acids is 1. The van der Waals surface area contributed by atoms with E-state index < -0.39 is 10.0 Å². The molecule has 0 aliphatic heterocycles. The Bertz CT molecular complexity index is 524. The summed E-state index contributed by atoms with van der Waals surface area (Å²) in [5, 5.41) is -0.282. The molecule has 0 bridgehead atoms. The maximum Gasteiger partial charge on any atom is 0.274 e. The number of carbonyl (C=O) groups is 1. The molecular weight excluding hydrogens is 242 g/mol. The fourth-order valence-electron chi connectivity index (χ4n) is 1.23. The second-order valence-electron chi connectivity index (χ2n) is 3.41. The van der Waals surface area contributed by atoms with Crippen molar-refractivity contribution in [2.24, 2.45) is 0 Å². The highest BCUT2D eigenvalue weighted by atomic mass is 32.2. The van der Waals surface area contributed by atoms with Crippen LogP contribution in [0.2, 0.25) is 0 Å². The van der Waals surface area contributed by atoms with Crippen molar-refractivity contribution in [3.63, 3.8) is 0 Å². The molecule has 6 heteroatoms. The summed E-state index contributed by atoms with van der Waals surface area (Å²) in [4.78, 5) is 10.4. The SMILES string of the molecule is C#CCC(CC)NS(=O)(=O)c1ccc(C=O)o1. The Kier molecular flexibility index (Phi) is 4.49. The largest absolute Gasteiger partial charge is 0.440 e. The summed E-state index contributed by atoms with van der Waals surface area (Å²) in [6.07, 6.45) is 6.45. The average Bonchev–Trinajstić information content (AvgIpc) is 2.77. The van der Waals surface area contributed by atoms with Crippen molar-refractivity contribution in [2.75, 3.05) is 0 Å². The zero-order valence-corrected chi connectivity index (χ0v) is 10.2. The molecule has 1 rings (SSSR count). The molecule has 5 nitrogen and oxygen atoms in total. The van der Waals surface area contributed by atoms with Gasteiger partial charge in [0, 0.05) is 12.5 Å². The number of aldehydes is 1. The molecule has 1 N–H and O–H groups in total. The first kappa shape index (κ1) is 13.5. The Morgan fingerprint density at radius 1 is 1.59 bits per heavy atom. The van der Waals surface area contributed by atoms with E-state index in [-0.39, 0.29) is 16.9 Å². The van der Waals surface area contributed by atoms with Gasteiger partial charge in [0.25, 0.3) is 10.0 Å². The summed E-state index contributed by atoms with van der Waals surface area (Å²) >= 11 is 0. The van der Waals surface area contributed by atoms with E-state index in [0.29, 0.717) is 19.1 Å². The Morgan fingerprint density at radius 2 is 2.29 bits per heavy atom. The van der Waals surface area contributed by atoms with Gasteiger partial charge in [-0.05, 0) is 18.6 Å². The maximum absolute atomic E-state index is 11.8. The molecule has 0 aliphatic carbocycles. The molecule has 0 radical (unpaired) electrons. The molecule has 1 heterocycles. The van der Waals surface area contributed by atoms with Gasteiger partial charge in [0.1, 0.15) is 0 Å². The minimum absolute atomic E-state index is 0.0321. The molecule has 0 spiro atoms. The molecular formula is C11H13NO4S. The molecule has 1 aromatic rings. The first-order valence-electron chi connectivity index (χ1n) is 5.04. The van der Waals surface area contributed by atoms with Gasteiger partial charge in [0.2, 0.25) is 5.09 Å². The Balaban J connectivity index is 2.88. The van der Waals surface area contributed by atoms with Crippen LogP contribution >= 0.6 is 0 Å². The van der Waals surface area contributed by atoms with Crippen LogP contribution in [0.15, 0.2) is 21.6 Å². The molecule has 1 unspecified atom stereocenters. The predicted octanol–water partition coefficient (Wildman–Crippen LogP) is 1.17. The fraction of sp³-hybridized carbons (Fsp3) is 0.364. The van der Waals surface area contributed by atoms with Gasteiger partial charge in [-0.1, -0.05) is 6.92 Å². The molecule has 92 valence electrons. The van der Waals surface area contributed by atoms with E-state index >= 15 is 0 Å². The summed E-state index contributed by atoms with van der Waals surface area (Å²) in [7, 11) is -3.75. The summed E-state index contributed by atoms with van der Waals surface area (Å²) in [5.41, 5.74) is 0. The van der Waals surface area contributed by atoms with Crippen LogP contribution in [0.5, 0.6) is 0 Å². The van der Waals surface area contributed by atoms with Crippen LogP contribution < -0.4 is 4.72 Å². The zero-order chi connectivity index (χ0) is 12.9. The van der Waals surface area contributed by atoms with E-state index in [1.807, 2.05) is 6.92 Å². The van der Waals surface area contributed by atoms with Crippen LogP contribution in [-0.2, 0) is 10.0 Å². The third-order valence-corrected chi connectivity index (χ3v) is 3.55. The minimum atomic E-state index is -3.75. The molecule has 1 atom stereocenters. The second kappa shape index (κ2) is 5.66. The topological polar surface area (TPSA) is 76.4 Å². The van der Waals surface area contributed by atoms with Crippen LogP contribution in [0, 0.1) is 12.3 Å². The summed E-state index contributed by atoms with van der Waals surface area (Å²) in [5.74, 6) is 2.36. The quantitative estimate of drug-likeness (QED) is 0.611. The van der Waals surface area contributed by atoms with Gasteiger partial charge in [-0.2, -0.15) is 0 Å². The van der Waals surface area contributed by atoms with Gasteiger partial charge in [0.05, 0.1) is 0 Å². The van der Waals surface area contributed by atoms with Crippen molar-refractivity contribution < 1.29 is 17.6 Å². The Labute approximate surface area is 100 Å².